The lowest BCUT2D eigenvalue weighted by molar-refractivity contribution is 1.04. The predicted molar refractivity (Wildman–Crippen MR) is 74.7 cm³/mol. The number of nitrogen functional groups attached to an aromatic ring is 1. The van der Waals surface area contributed by atoms with Crippen molar-refractivity contribution < 1.29 is 0 Å². The Hall–Kier alpha value is -1.74. The van der Waals surface area contributed by atoms with Crippen LogP contribution in [0, 0.1) is 0 Å². The van der Waals surface area contributed by atoms with E-state index in [1.807, 2.05) is 32.2 Å². The van der Waals surface area contributed by atoms with Crippen molar-refractivity contribution in [3.05, 3.63) is 53.4 Å². The molecule has 17 heavy (non-hydrogen) atoms. The molecular formula is C13H16ClN3. The van der Waals surface area contributed by atoms with E-state index in [0.29, 0.717) is 10.8 Å². The third-order valence-electron chi connectivity index (χ3n) is 2.27. The monoisotopic (exact) mass is 249 g/mol. The van der Waals surface area contributed by atoms with Gasteiger partial charge in [-0.05, 0) is 24.6 Å². The van der Waals surface area contributed by atoms with E-state index in [1.54, 1.807) is 12.3 Å². The standard InChI is InChI=1S/C13H16ClN3/c1-9(5-4-6-10(2)16-3)11-7-13(15)17-8-12(11)14/h4-8,16H,2H2,1,3H3,(H2,15,17)/b6-4-,9-5+. The van der Waals surface area contributed by atoms with E-state index in [0.717, 1.165) is 16.8 Å². The van der Waals surface area contributed by atoms with Crippen LogP contribution in [0.2, 0.25) is 5.02 Å². The number of nitrogens with one attached hydrogen (secondary N) is 1. The molecule has 0 bridgehead atoms. The van der Waals surface area contributed by atoms with Crippen LogP contribution < -0.4 is 11.1 Å². The van der Waals surface area contributed by atoms with Crippen molar-refractivity contribution in [2.75, 3.05) is 12.8 Å². The zero-order valence-electron chi connectivity index (χ0n) is 10.00. The number of hydrogen-bond donors (Lipinski definition) is 2. The second-order valence-electron chi connectivity index (χ2n) is 3.57. The summed E-state index contributed by atoms with van der Waals surface area (Å²) in [7, 11) is 1.82. The molecule has 3 N–H and O–H groups in total. The van der Waals surface area contributed by atoms with Crippen LogP contribution in [-0.4, -0.2) is 12.0 Å². The van der Waals surface area contributed by atoms with Gasteiger partial charge in [0.15, 0.2) is 0 Å². The Morgan fingerprint density at radius 2 is 2.29 bits per heavy atom. The van der Waals surface area contributed by atoms with Crippen molar-refractivity contribution in [3.8, 4) is 0 Å². The molecule has 0 aliphatic rings. The van der Waals surface area contributed by atoms with E-state index in [9.17, 15) is 0 Å². The van der Waals surface area contributed by atoms with Gasteiger partial charge in [0.2, 0.25) is 0 Å². The first kappa shape index (κ1) is 13.3. The maximum atomic E-state index is 6.05. The number of allylic oxidation sites excluding steroid dienone is 4. The fraction of sp³-hybridized carbons (Fsp3) is 0.154. The number of aromatic nitrogens is 1. The lowest BCUT2D eigenvalue weighted by Crippen LogP contribution is -2.00. The maximum Gasteiger partial charge on any atom is 0.123 e. The van der Waals surface area contributed by atoms with E-state index in [1.165, 1.54) is 0 Å². The first-order valence-electron chi connectivity index (χ1n) is 5.17. The highest BCUT2D eigenvalue weighted by Gasteiger charge is 2.02. The zero-order valence-corrected chi connectivity index (χ0v) is 10.8. The maximum absolute atomic E-state index is 6.05. The number of nitrogens with two attached hydrogens (primary N) is 1. The molecule has 1 rings (SSSR count). The Balaban J connectivity index is 2.92. The molecule has 0 unspecified atom stereocenters. The van der Waals surface area contributed by atoms with E-state index in [2.05, 4.69) is 16.9 Å². The van der Waals surface area contributed by atoms with Crippen LogP contribution in [-0.2, 0) is 0 Å². The molecule has 0 amide bonds. The highest BCUT2D eigenvalue weighted by Crippen LogP contribution is 2.24. The highest BCUT2D eigenvalue weighted by molar-refractivity contribution is 6.32. The Labute approximate surface area is 107 Å². The fourth-order valence-electron chi connectivity index (χ4n) is 1.24. The lowest BCUT2D eigenvalue weighted by atomic mass is 10.1. The average molecular weight is 250 g/mol. The Morgan fingerprint density at radius 1 is 1.59 bits per heavy atom. The van der Waals surface area contributed by atoms with Crippen molar-refractivity contribution >= 4 is 23.0 Å². The van der Waals surface area contributed by atoms with Gasteiger partial charge in [-0.3, -0.25) is 0 Å². The van der Waals surface area contributed by atoms with Crippen molar-refractivity contribution in [1.29, 1.82) is 0 Å². The van der Waals surface area contributed by atoms with E-state index < -0.39 is 0 Å². The van der Waals surface area contributed by atoms with Gasteiger partial charge in [-0.1, -0.05) is 30.3 Å². The van der Waals surface area contributed by atoms with Crippen LogP contribution in [0.15, 0.2) is 42.8 Å². The Morgan fingerprint density at radius 3 is 2.94 bits per heavy atom. The molecule has 1 heterocycles. The van der Waals surface area contributed by atoms with Crippen molar-refractivity contribution in [2.24, 2.45) is 0 Å². The van der Waals surface area contributed by atoms with Crippen molar-refractivity contribution in [2.45, 2.75) is 6.92 Å². The number of halogens is 1. The number of pyridine rings is 1. The van der Waals surface area contributed by atoms with Gasteiger partial charge in [0, 0.05) is 24.5 Å². The second kappa shape index (κ2) is 6.11. The number of anilines is 1. The largest absolute Gasteiger partial charge is 0.389 e. The molecule has 0 fully saturated rings. The van der Waals surface area contributed by atoms with E-state index in [4.69, 9.17) is 17.3 Å². The van der Waals surface area contributed by atoms with Gasteiger partial charge in [0.1, 0.15) is 5.82 Å². The van der Waals surface area contributed by atoms with Gasteiger partial charge >= 0.3 is 0 Å². The molecule has 0 spiro atoms. The SMILES string of the molecule is C=C(/C=C\C=C(/C)c1cc(N)ncc1Cl)NC. The van der Waals surface area contributed by atoms with E-state index >= 15 is 0 Å². The quantitative estimate of drug-likeness (QED) is 0.807. The molecule has 1 aromatic heterocycles. The predicted octanol–water partition coefficient (Wildman–Crippen LogP) is 3.01. The molecule has 0 aliphatic carbocycles. The van der Waals surface area contributed by atoms with Crippen molar-refractivity contribution in [3.63, 3.8) is 0 Å². The van der Waals surface area contributed by atoms with Crippen molar-refractivity contribution in [1.82, 2.24) is 10.3 Å². The third-order valence-corrected chi connectivity index (χ3v) is 2.57. The summed E-state index contributed by atoms with van der Waals surface area (Å²) in [5.74, 6) is 0.459. The van der Waals surface area contributed by atoms with Gasteiger partial charge in [0.25, 0.3) is 0 Å². The minimum absolute atomic E-state index is 0.459. The van der Waals surface area contributed by atoms with Gasteiger partial charge in [-0.15, -0.1) is 0 Å². The lowest BCUT2D eigenvalue weighted by Gasteiger charge is -2.04. The first-order chi connectivity index (χ1) is 8.04. The number of rotatable bonds is 4. The Bertz CT molecular complexity index is 476. The van der Waals surface area contributed by atoms with Crippen LogP contribution in [0.1, 0.15) is 12.5 Å². The van der Waals surface area contributed by atoms with Crippen LogP contribution in [0.5, 0.6) is 0 Å². The fourth-order valence-corrected chi connectivity index (χ4v) is 1.49. The Kier molecular flexibility index (Phi) is 4.79. The molecule has 3 nitrogen and oxygen atoms in total. The smallest absolute Gasteiger partial charge is 0.123 e. The van der Waals surface area contributed by atoms with Crippen LogP contribution in [0.4, 0.5) is 5.82 Å². The molecule has 90 valence electrons. The van der Waals surface area contributed by atoms with Gasteiger partial charge in [-0.25, -0.2) is 4.98 Å². The number of hydrogen-bond acceptors (Lipinski definition) is 3. The summed E-state index contributed by atoms with van der Waals surface area (Å²) >= 11 is 6.05. The minimum atomic E-state index is 0.459. The van der Waals surface area contributed by atoms with Gasteiger partial charge in [0.05, 0.1) is 5.02 Å². The van der Waals surface area contributed by atoms with Gasteiger partial charge < -0.3 is 11.1 Å². The molecule has 4 heteroatoms. The average Bonchev–Trinajstić information content (AvgIpc) is 2.31. The summed E-state index contributed by atoms with van der Waals surface area (Å²) in [4.78, 5) is 3.92. The summed E-state index contributed by atoms with van der Waals surface area (Å²) in [6, 6.07) is 1.76. The van der Waals surface area contributed by atoms with Gasteiger partial charge in [-0.2, -0.15) is 0 Å². The highest BCUT2D eigenvalue weighted by atomic mass is 35.5. The molecule has 0 aliphatic heterocycles. The molecule has 0 atom stereocenters. The zero-order chi connectivity index (χ0) is 12.8. The number of likely N-dealkylation sites (N-methyl/N-ethyl adjacent to an activating group) is 1. The minimum Gasteiger partial charge on any atom is -0.389 e. The van der Waals surface area contributed by atoms with E-state index in [-0.39, 0.29) is 0 Å². The summed E-state index contributed by atoms with van der Waals surface area (Å²) in [5, 5.41) is 3.52. The molecule has 0 radical (unpaired) electrons. The third kappa shape index (κ3) is 3.96. The number of nitrogens with zero attached hydrogens (tertiary/aromatic N) is 1. The first-order valence-corrected chi connectivity index (χ1v) is 5.55. The van der Waals surface area contributed by atoms with Crippen LogP contribution >= 0.6 is 11.6 Å². The molecular weight excluding hydrogens is 234 g/mol. The molecule has 0 aromatic carbocycles. The summed E-state index contributed by atoms with van der Waals surface area (Å²) < 4.78 is 0. The molecule has 1 aromatic rings. The van der Waals surface area contributed by atoms with Crippen LogP contribution in [0.3, 0.4) is 0 Å². The topological polar surface area (TPSA) is 50.9 Å². The summed E-state index contributed by atoms with van der Waals surface area (Å²) in [6.07, 6.45) is 7.28. The summed E-state index contributed by atoms with van der Waals surface area (Å²) in [5.41, 5.74) is 8.37. The molecule has 0 saturated carbocycles. The van der Waals surface area contributed by atoms with Crippen LogP contribution in [0.25, 0.3) is 5.57 Å². The second-order valence-corrected chi connectivity index (χ2v) is 3.98. The summed E-state index contributed by atoms with van der Waals surface area (Å²) in [6.45, 7) is 5.76. The normalized spacial score (nSPS) is 11.8. The molecule has 0 saturated heterocycles.